The molecule has 24 heavy (non-hydrogen) atoms. The number of rotatable bonds is 6. The molecule has 1 aromatic carbocycles. The number of nitrogens with one attached hydrogen (secondary N) is 1. The van der Waals surface area contributed by atoms with Crippen molar-refractivity contribution < 1.29 is 14.3 Å². The largest absolute Gasteiger partial charge is 0.378 e. The number of anilines is 2. The molecule has 2 aromatic rings. The predicted molar refractivity (Wildman–Crippen MR) is 89.8 cm³/mol. The zero-order chi connectivity index (χ0) is 16.6. The normalized spacial score (nSPS) is 14.4. The van der Waals surface area contributed by atoms with E-state index in [0.717, 1.165) is 18.7 Å². The monoisotopic (exact) mass is 328 g/mol. The maximum absolute atomic E-state index is 11.9. The van der Waals surface area contributed by atoms with Crippen LogP contribution < -0.4 is 10.2 Å². The van der Waals surface area contributed by atoms with E-state index in [1.807, 2.05) is 30.3 Å². The third-order valence-electron chi connectivity index (χ3n) is 3.56. The smallest absolute Gasteiger partial charge is 0.250 e. The van der Waals surface area contributed by atoms with Crippen LogP contribution in [-0.4, -0.2) is 48.8 Å². The quantitative estimate of drug-likeness (QED) is 0.865. The Morgan fingerprint density at radius 1 is 1.17 bits per heavy atom. The van der Waals surface area contributed by atoms with Crippen LogP contribution in [0.15, 0.2) is 42.7 Å². The van der Waals surface area contributed by atoms with Crippen molar-refractivity contribution in [3.63, 3.8) is 0 Å². The van der Waals surface area contributed by atoms with Gasteiger partial charge in [-0.1, -0.05) is 30.3 Å². The van der Waals surface area contributed by atoms with E-state index in [-0.39, 0.29) is 12.5 Å². The van der Waals surface area contributed by atoms with Crippen molar-refractivity contribution >= 4 is 17.5 Å². The van der Waals surface area contributed by atoms with Crippen LogP contribution >= 0.6 is 0 Å². The van der Waals surface area contributed by atoms with Gasteiger partial charge in [0.05, 0.1) is 37.9 Å². The van der Waals surface area contributed by atoms with Gasteiger partial charge in [-0.2, -0.15) is 0 Å². The summed E-state index contributed by atoms with van der Waals surface area (Å²) in [6, 6.07) is 9.72. The van der Waals surface area contributed by atoms with Crippen LogP contribution in [0.4, 0.5) is 11.6 Å². The minimum absolute atomic E-state index is 0.0138. The average Bonchev–Trinajstić information content (AvgIpc) is 2.64. The molecular formula is C17H20N4O3. The van der Waals surface area contributed by atoms with E-state index in [0.29, 0.717) is 31.5 Å². The summed E-state index contributed by atoms with van der Waals surface area (Å²) in [6.45, 7) is 3.31. The molecule has 2 heterocycles. The molecule has 126 valence electrons. The summed E-state index contributed by atoms with van der Waals surface area (Å²) in [4.78, 5) is 22.5. The summed E-state index contributed by atoms with van der Waals surface area (Å²) in [5.74, 6) is 0.422. The molecule has 0 radical (unpaired) electrons. The average molecular weight is 328 g/mol. The Balaban J connectivity index is 1.44. The van der Waals surface area contributed by atoms with Crippen molar-refractivity contribution in [2.75, 3.05) is 43.1 Å². The molecule has 0 aliphatic carbocycles. The fourth-order valence-electron chi connectivity index (χ4n) is 2.35. The van der Waals surface area contributed by atoms with Gasteiger partial charge in [-0.15, -0.1) is 0 Å². The topological polar surface area (TPSA) is 76.6 Å². The van der Waals surface area contributed by atoms with Gasteiger partial charge in [-0.05, 0) is 5.56 Å². The Hall–Kier alpha value is -2.51. The Morgan fingerprint density at radius 2 is 1.88 bits per heavy atom. The van der Waals surface area contributed by atoms with E-state index in [2.05, 4.69) is 20.2 Å². The first-order valence-corrected chi connectivity index (χ1v) is 7.87. The highest BCUT2D eigenvalue weighted by atomic mass is 16.5. The molecule has 3 rings (SSSR count). The first-order valence-electron chi connectivity index (χ1n) is 7.87. The Labute approximate surface area is 140 Å². The third-order valence-corrected chi connectivity index (χ3v) is 3.56. The number of ether oxygens (including phenoxy) is 2. The number of morpholine rings is 1. The van der Waals surface area contributed by atoms with Gasteiger partial charge >= 0.3 is 0 Å². The van der Waals surface area contributed by atoms with E-state index >= 15 is 0 Å². The zero-order valence-electron chi connectivity index (χ0n) is 13.4. The van der Waals surface area contributed by atoms with Crippen LogP contribution in [0.25, 0.3) is 0 Å². The van der Waals surface area contributed by atoms with Gasteiger partial charge in [0.15, 0.2) is 0 Å². The summed E-state index contributed by atoms with van der Waals surface area (Å²) in [5.41, 5.74) is 1.59. The fourth-order valence-corrected chi connectivity index (χ4v) is 2.35. The number of carbonyl (C=O) groups is 1. The van der Waals surface area contributed by atoms with E-state index in [1.165, 1.54) is 0 Å². The molecule has 1 amide bonds. The summed E-state index contributed by atoms with van der Waals surface area (Å²) in [6.07, 6.45) is 3.21. The maximum atomic E-state index is 11.9. The van der Waals surface area contributed by atoms with Crippen LogP contribution in [0.2, 0.25) is 0 Å². The molecule has 0 saturated carbocycles. The lowest BCUT2D eigenvalue weighted by Crippen LogP contribution is -2.37. The molecule has 7 nitrogen and oxygen atoms in total. The predicted octanol–water partition coefficient (Wildman–Crippen LogP) is 1.47. The van der Waals surface area contributed by atoms with E-state index in [4.69, 9.17) is 9.47 Å². The number of nitrogens with zero attached hydrogens (tertiary/aromatic N) is 3. The standard InChI is InChI=1S/C17H20N4O3/c22-16(13-24-12-14-4-2-1-3-5-14)20-15-10-18-17(19-11-15)21-6-8-23-9-7-21/h1-5,10-11H,6-9,12-13H2,(H,20,22). The van der Waals surface area contributed by atoms with Crippen LogP contribution in [-0.2, 0) is 20.9 Å². The van der Waals surface area contributed by atoms with Crippen molar-refractivity contribution in [3.05, 3.63) is 48.3 Å². The highest BCUT2D eigenvalue weighted by molar-refractivity contribution is 5.91. The summed E-state index contributed by atoms with van der Waals surface area (Å²) >= 11 is 0. The van der Waals surface area contributed by atoms with Gasteiger partial charge in [0.25, 0.3) is 0 Å². The molecule has 1 N–H and O–H groups in total. The lowest BCUT2D eigenvalue weighted by atomic mass is 10.2. The van der Waals surface area contributed by atoms with Crippen LogP contribution in [0.3, 0.4) is 0 Å². The minimum Gasteiger partial charge on any atom is -0.378 e. The molecule has 1 saturated heterocycles. The van der Waals surface area contributed by atoms with E-state index in [9.17, 15) is 4.79 Å². The lowest BCUT2D eigenvalue weighted by molar-refractivity contribution is -0.121. The van der Waals surface area contributed by atoms with Crippen molar-refractivity contribution in [1.29, 1.82) is 0 Å². The molecule has 0 unspecified atom stereocenters. The second kappa shape index (κ2) is 8.37. The summed E-state index contributed by atoms with van der Waals surface area (Å²) in [7, 11) is 0. The van der Waals surface area contributed by atoms with Crippen LogP contribution in [0.5, 0.6) is 0 Å². The van der Waals surface area contributed by atoms with Gasteiger partial charge in [-0.25, -0.2) is 9.97 Å². The highest BCUT2D eigenvalue weighted by Gasteiger charge is 2.13. The molecule has 7 heteroatoms. The van der Waals surface area contributed by atoms with Crippen LogP contribution in [0.1, 0.15) is 5.56 Å². The summed E-state index contributed by atoms with van der Waals surface area (Å²) < 4.78 is 10.7. The molecule has 1 aromatic heterocycles. The minimum atomic E-state index is -0.228. The molecular weight excluding hydrogens is 308 g/mol. The van der Waals surface area contributed by atoms with Crippen molar-refractivity contribution in [1.82, 2.24) is 9.97 Å². The van der Waals surface area contributed by atoms with Crippen molar-refractivity contribution in [3.8, 4) is 0 Å². The first-order chi connectivity index (χ1) is 11.8. The Bertz CT molecular complexity index is 643. The second-order valence-corrected chi connectivity index (χ2v) is 5.40. The second-order valence-electron chi connectivity index (χ2n) is 5.40. The number of aromatic nitrogens is 2. The molecule has 1 fully saturated rings. The Kier molecular flexibility index (Phi) is 5.70. The van der Waals surface area contributed by atoms with Gasteiger partial charge < -0.3 is 19.7 Å². The molecule has 1 aliphatic heterocycles. The van der Waals surface area contributed by atoms with E-state index in [1.54, 1.807) is 12.4 Å². The Morgan fingerprint density at radius 3 is 2.58 bits per heavy atom. The van der Waals surface area contributed by atoms with Crippen LogP contribution in [0, 0.1) is 0 Å². The molecule has 0 atom stereocenters. The van der Waals surface area contributed by atoms with E-state index < -0.39 is 0 Å². The van der Waals surface area contributed by atoms with Gasteiger partial charge in [0.2, 0.25) is 11.9 Å². The number of benzene rings is 1. The number of hydrogen-bond donors (Lipinski definition) is 1. The highest BCUT2D eigenvalue weighted by Crippen LogP contribution is 2.11. The molecule has 0 spiro atoms. The van der Waals surface area contributed by atoms with Crippen molar-refractivity contribution in [2.45, 2.75) is 6.61 Å². The SMILES string of the molecule is O=C(COCc1ccccc1)Nc1cnc(N2CCOCC2)nc1. The molecule has 0 bridgehead atoms. The summed E-state index contributed by atoms with van der Waals surface area (Å²) in [5, 5.41) is 2.73. The lowest BCUT2D eigenvalue weighted by Gasteiger charge is -2.26. The fraction of sp³-hybridized carbons (Fsp3) is 0.353. The number of carbonyl (C=O) groups excluding carboxylic acids is 1. The first kappa shape index (κ1) is 16.4. The third kappa shape index (κ3) is 4.74. The number of hydrogen-bond acceptors (Lipinski definition) is 6. The van der Waals surface area contributed by atoms with Crippen molar-refractivity contribution in [2.24, 2.45) is 0 Å². The number of amides is 1. The zero-order valence-corrected chi connectivity index (χ0v) is 13.4. The van der Waals surface area contributed by atoms with Gasteiger partial charge in [0.1, 0.15) is 6.61 Å². The van der Waals surface area contributed by atoms with Gasteiger partial charge in [0, 0.05) is 13.1 Å². The molecule has 1 aliphatic rings. The van der Waals surface area contributed by atoms with Gasteiger partial charge in [-0.3, -0.25) is 4.79 Å². The maximum Gasteiger partial charge on any atom is 0.250 e.